The van der Waals surface area contributed by atoms with Gasteiger partial charge in [-0.2, -0.15) is 0 Å². The highest BCUT2D eigenvalue weighted by Crippen LogP contribution is 2.42. The van der Waals surface area contributed by atoms with Crippen molar-refractivity contribution in [1.82, 2.24) is 14.5 Å². The monoisotopic (exact) mass is 783 g/mol. The third-order valence-electron chi connectivity index (χ3n) is 11.3. The smallest absolute Gasteiger partial charge is 0.149 e. The fourth-order valence-corrected chi connectivity index (χ4v) is 8.02. The van der Waals surface area contributed by atoms with Crippen LogP contribution in [0, 0.1) is 6.85 Å². The summed E-state index contributed by atoms with van der Waals surface area (Å²) in [5.74, 6) is -0.0983. The molecule has 4 heteroatoms. The van der Waals surface area contributed by atoms with Crippen molar-refractivity contribution in [1.29, 1.82) is 0 Å². The van der Waals surface area contributed by atoms with Gasteiger partial charge in [-0.3, -0.25) is 9.55 Å². The van der Waals surface area contributed by atoms with E-state index in [0.29, 0.717) is 16.9 Å². The van der Waals surface area contributed by atoms with Crippen molar-refractivity contribution >= 4 is 11.0 Å². The maximum Gasteiger partial charge on any atom is 0.149 e. The molecule has 0 bridgehead atoms. The van der Waals surface area contributed by atoms with Crippen molar-refractivity contribution in [3.8, 4) is 78.6 Å². The van der Waals surface area contributed by atoms with E-state index < -0.39 is 12.7 Å². The molecular weight excluding hydrogens is 731 g/mol. The molecule has 0 aliphatic rings. The largest absolute Gasteiger partial charge is 0.507 e. The molecule has 0 fully saturated rings. The fraction of sp³-hybridized carbons (Fsp3) is 0.143. The summed E-state index contributed by atoms with van der Waals surface area (Å²) >= 11 is 0. The first-order valence-corrected chi connectivity index (χ1v) is 20.4. The minimum atomic E-state index is -2.33. The zero-order valence-electron chi connectivity index (χ0n) is 38.5. The number of aryl methyl sites for hydroxylation is 1. The van der Waals surface area contributed by atoms with Crippen molar-refractivity contribution < 1.29 is 10.6 Å². The lowest BCUT2D eigenvalue weighted by Crippen LogP contribution is -2.10. The highest BCUT2D eigenvalue weighted by atomic mass is 16.3. The topological polar surface area (TPSA) is 50.9 Å². The van der Waals surface area contributed by atoms with Crippen LogP contribution >= 0.6 is 0 Å². The molecule has 0 aliphatic heterocycles. The summed E-state index contributed by atoms with van der Waals surface area (Å²) < 4.78 is 35.6. The maximum absolute atomic E-state index is 11.4. The Morgan fingerprint density at radius 1 is 0.583 bits per heavy atom. The van der Waals surface area contributed by atoms with E-state index >= 15 is 0 Å². The van der Waals surface area contributed by atoms with Crippen LogP contribution in [-0.2, 0) is 5.41 Å². The Morgan fingerprint density at radius 2 is 1.27 bits per heavy atom. The van der Waals surface area contributed by atoms with Gasteiger partial charge < -0.3 is 5.11 Å². The molecule has 2 aromatic heterocycles. The van der Waals surface area contributed by atoms with Gasteiger partial charge >= 0.3 is 0 Å². The summed E-state index contributed by atoms with van der Waals surface area (Å²) in [6, 6.07) is 56.0. The predicted molar refractivity (Wildman–Crippen MR) is 251 cm³/mol. The van der Waals surface area contributed by atoms with Crippen LogP contribution in [0.4, 0.5) is 0 Å². The number of nitrogens with zero attached hydrogens (tertiary/aromatic N) is 3. The van der Waals surface area contributed by atoms with Gasteiger partial charge in [0.2, 0.25) is 0 Å². The number of fused-ring (bicyclic) bond motifs is 1. The van der Waals surface area contributed by atoms with Crippen LogP contribution in [0.3, 0.4) is 0 Å². The molecule has 9 rings (SSSR count). The minimum absolute atomic E-state index is 0.0694. The highest BCUT2D eigenvalue weighted by molar-refractivity contribution is 5.98. The number of aromatic hydroxyl groups is 1. The molecule has 2 heterocycles. The first-order chi connectivity index (χ1) is 30.5. The molecule has 1 N–H and O–H groups in total. The number of rotatable bonds is 8. The van der Waals surface area contributed by atoms with Crippen LogP contribution < -0.4 is 0 Å². The van der Waals surface area contributed by atoms with E-state index in [1.54, 1.807) is 24.3 Å². The van der Waals surface area contributed by atoms with Gasteiger partial charge in [-0.15, -0.1) is 0 Å². The van der Waals surface area contributed by atoms with Crippen LogP contribution in [0.15, 0.2) is 176 Å². The zero-order chi connectivity index (χ0) is 45.0. The molecule has 0 aliphatic carbocycles. The van der Waals surface area contributed by atoms with E-state index in [4.69, 9.17) is 15.5 Å². The molecular formula is C56H49N3O. The summed E-state index contributed by atoms with van der Waals surface area (Å²) in [5.41, 5.74) is 14.3. The molecule has 9 aromatic rings. The molecule has 294 valence electrons. The first-order valence-electron chi connectivity index (χ1n) is 22.4. The number of phenols is 1. The predicted octanol–water partition coefficient (Wildman–Crippen LogP) is 14.9. The Kier molecular flexibility index (Phi) is 8.82. The summed E-state index contributed by atoms with van der Waals surface area (Å²) in [6.07, 6.45) is 1.84. The van der Waals surface area contributed by atoms with E-state index in [1.807, 2.05) is 91.3 Å². The average Bonchev–Trinajstić information content (AvgIpc) is 3.68. The van der Waals surface area contributed by atoms with Crippen LogP contribution in [0.25, 0.3) is 83.9 Å². The number of phenolic OH excluding ortho intramolecular Hbond substituents is 1. The quantitative estimate of drug-likeness (QED) is 0.167. The molecule has 0 spiro atoms. The van der Waals surface area contributed by atoms with Crippen LogP contribution in [0.2, 0.25) is 0 Å². The van der Waals surface area contributed by atoms with Gasteiger partial charge in [-0.1, -0.05) is 149 Å². The third kappa shape index (κ3) is 7.42. The number of aromatic nitrogens is 3. The van der Waals surface area contributed by atoms with Crippen molar-refractivity contribution in [2.24, 2.45) is 0 Å². The molecule has 0 unspecified atom stereocenters. The number of para-hydroxylation sites is 2. The lowest BCUT2D eigenvalue weighted by Gasteiger charge is -2.20. The Bertz CT molecular complexity index is 3160. The molecule has 0 amide bonds. The van der Waals surface area contributed by atoms with Gasteiger partial charge in [-0.25, -0.2) is 4.98 Å². The number of benzene rings is 7. The van der Waals surface area contributed by atoms with Gasteiger partial charge in [0, 0.05) is 28.4 Å². The summed E-state index contributed by atoms with van der Waals surface area (Å²) in [5, 5.41) is 11.4. The van der Waals surface area contributed by atoms with Gasteiger partial charge in [-0.05, 0) is 123 Å². The van der Waals surface area contributed by atoms with Crippen molar-refractivity contribution in [2.45, 2.75) is 52.8 Å². The molecule has 0 saturated heterocycles. The van der Waals surface area contributed by atoms with E-state index in [2.05, 4.69) is 99.6 Å². The Hall–Kier alpha value is -7.04. The van der Waals surface area contributed by atoms with E-state index in [0.717, 1.165) is 72.5 Å². The Labute approximate surface area is 359 Å². The van der Waals surface area contributed by atoms with Crippen molar-refractivity contribution in [3.63, 3.8) is 0 Å². The second-order valence-corrected chi connectivity index (χ2v) is 16.7. The zero-order valence-corrected chi connectivity index (χ0v) is 34.5. The highest BCUT2D eigenvalue weighted by Gasteiger charge is 2.23. The van der Waals surface area contributed by atoms with Crippen LogP contribution in [0.1, 0.15) is 62.7 Å². The lowest BCUT2D eigenvalue weighted by molar-refractivity contribution is 0.477. The van der Waals surface area contributed by atoms with E-state index in [1.165, 1.54) is 5.56 Å². The van der Waals surface area contributed by atoms with Gasteiger partial charge in [0.25, 0.3) is 0 Å². The summed E-state index contributed by atoms with van der Waals surface area (Å²) in [7, 11) is 0. The molecule has 7 aromatic carbocycles. The van der Waals surface area contributed by atoms with Gasteiger partial charge in [0.05, 0.1) is 28.0 Å². The Balaban J connectivity index is 1.27. The third-order valence-corrected chi connectivity index (χ3v) is 11.3. The van der Waals surface area contributed by atoms with E-state index in [9.17, 15) is 5.11 Å². The maximum atomic E-state index is 11.4. The van der Waals surface area contributed by atoms with E-state index in [-0.39, 0.29) is 16.7 Å². The number of imidazole rings is 1. The molecule has 0 radical (unpaired) electrons. The molecule has 4 nitrogen and oxygen atoms in total. The molecule has 60 heavy (non-hydrogen) atoms. The van der Waals surface area contributed by atoms with Crippen LogP contribution in [0.5, 0.6) is 5.75 Å². The minimum Gasteiger partial charge on any atom is -0.507 e. The molecule has 0 saturated carbocycles. The summed E-state index contributed by atoms with van der Waals surface area (Å²) in [4.78, 5) is 10.3. The fourth-order valence-electron chi connectivity index (χ4n) is 8.02. The Morgan fingerprint density at radius 3 is 2.00 bits per heavy atom. The number of hydrogen-bond acceptors (Lipinski definition) is 3. The molecule has 0 atom stereocenters. The number of pyridine rings is 1. The van der Waals surface area contributed by atoms with Crippen LogP contribution in [-0.4, -0.2) is 19.6 Å². The second-order valence-electron chi connectivity index (χ2n) is 16.7. The van der Waals surface area contributed by atoms with Crippen molar-refractivity contribution in [3.05, 3.63) is 193 Å². The van der Waals surface area contributed by atoms with Gasteiger partial charge in [0.15, 0.2) is 0 Å². The first kappa shape index (κ1) is 33.9. The average molecular weight is 784 g/mol. The SMILES string of the molecule is [2H]C([2H])([2H])c1ccc(-n2c(-c3ccccc3O)nc3c(-c4cc(-c5ccccc5)cc(-c5cc(-c6ccc(C([2H])(C)C)cc6)ccn5)c4)cccc32)c(-c2ccc(C(C)(C)C)cc2)c1. The van der Waals surface area contributed by atoms with Crippen molar-refractivity contribution in [2.75, 3.05) is 0 Å². The van der Waals surface area contributed by atoms with Gasteiger partial charge in [0.1, 0.15) is 11.6 Å². The lowest BCUT2D eigenvalue weighted by atomic mass is 9.86. The normalized spacial score (nSPS) is 13.1. The second kappa shape index (κ2) is 15.6. The summed E-state index contributed by atoms with van der Waals surface area (Å²) in [6.45, 7) is 7.97. The standard InChI is InChI=1S/C56H49N3O/c1-36(2)38-20-22-40(23-21-38)42-29-30-57-50(35-42)45-33-43(39-13-8-7-9-14-39)32-44(34-45)47-16-12-17-52-54(47)58-55(48-15-10-11-18-53(48)60)59(52)51-28-19-37(3)31-49(51)41-24-26-46(27-25-41)56(4,5)6/h7-36,60H,1-6H3/i3D3,36D. The number of hydrogen-bond donors (Lipinski definition) is 1.